The van der Waals surface area contributed by atoms with E-state index in [2.05, 4.69) is 19.4 Å². The standard InChI is InChI=1S/C23H29N5O5S/c1-23(2,3)19(14-9-7-10-15(13-14)33-6)25-21-20(26-34(31,32)27-21)24-17-12-8-11-16(18(17)29)22(30)28(4)5/h7-13,19,29H,1-6H3,(H,24,26)(H,25,27). The van der Waals surface area contributed by atoms with Crippen molar-refractivity contribution in [1.82, 2.24) is 10.2 Å². The topological polar surface area (TPSA) is 133 Å². The Balaban J connectivity index is 1.97. The largest absolute Gasteiger partial charge is 0.505 e. The van der Waals surface area contributed by atoms with Crippen molar-refractivity contribution in [3.8, 4) is 11.5 Å². The molecular formula is C23H29N5O5S. The molecule has 1 atom stereocenters. The van der Waals surface area contributed by atoms with Gasteiger partial charge in [-0.1, -0.05) is 39.0 Å². The molecule has 2 aromatic rings. The number of nitrogens with one attached hydrogen (secondary N) is 2. The van der Waals surface area contributed by atoms with Gasteiger partial charge < -0.3 is 25.4 Å². The van der Waals surface area contributed by atoms with Gasteiger partial charge in [0, 0.05) is 14.1 Å². The number of hydrogen-bond acceptors (Lipinski definition) is 7. The minimum absolute atomic E-state index is 0.00789. The van der Waals surface area contributed by atoms with Crippen LogP contribution >= 0.6 is 0 Å². The van der Waals surface area contributed by atoms with Gasteiger partial charge in [-0.05, 0) is 35.2 Å². The lowest BCUT2D eigenvalue weighted by molar-refractivity contribution is 0.0824. The molecule has 11 heteroatoms. The molecule has 0 aromatic heterocycles. The maximum atomic E-state index is 12.4. The minimum Gasteiger partial charge on any atom is -0.505 e. The van der Waals surface area contributed by atoms with Crippen LogP contribution in [0, 0.1) is 5.41 Å². The van der Waals surface area contributed by atoms with Gasteiger partial charge in [0.1, 0.15) is 5.75 Å². The molecule has 0 bridgehead atoms. The fourth-order valence-corrected chi connectivity index (χ4v) is 4.23. The van der Waals surface area contributed by atoms with Crippen molar-refractivity contribution in [2.75, 3.05) is 26.5 Å². The first-order valence-corrected chi connectivity index (χ1v) is 11.9. The van der Waals surface area contributed by atoms with Crippen molar-refractivity contribution in [3.63, 3.8) is 0 Å². The lowest BCUT2D eigenvalue weighted by Gasteiger charge is -2.33. The highest BCUT2D eigenvalue weighted by Crippen LogP contribution is 2.35. The number of carbonyl (C=O) groups is 1. The van der Waals surface area contributed by atoms with E-state index in [1.54, 1.807) is 27.3 Å². The monoisotopic (exact) mass is 487 g/mol. The lowest BCUT2D eigenvalue weighted by atomic mass is 9.82. The number of nitrogens with zero attached hydrogens (tertiary/aromatic N) is 3. The number of carbonyl (C=O) groups excluding carboxylic acids is 1. The van der Waals surface area contributed by atoms with E-state index in [1.165, 1.54) is 17.0 Å². The number of anilines is 1. The van der Waals surface area contributed by atoms with Gasteiger partial charge in [-0.3, -0.25) is 4.79 Å². The third-order valence-electron chi connectivity index (χ3n) is 5.14. The van der Waals surface area contributed by atoms with Gasteiger partial charge in [0.25, 0.3) is 5.91 Å². The molecule has 1 heterocycles. The summed E-state index contributed by atoms with van der Waals surface area (Å²) in [5, 5.41) is 16.6. The lowest BCUT2D eigenvalue weighted by Crippen LogP contribution is -2.41. The number of hydrogen-bond donors (Lipinski definition) is 3. The summed E-state index contributed by atoms with van der Waals surface area (Å²) in [4.78, 5) is 13.7. The quantitative estimate of drug-likeness (QED) is 0.552. The van der Waals surface area contributed by atoms with E-state index in [-0.39, 0.29) is 40.1 Å². The molecule has 2 aromatic carbocycles. The van der Waals surface area contributed by atoms with E-state index in [1.807, 2.05) is 45.0 Å². The van der Waals surface area contributed by atoms with Crippen molar-refractivity contribution in [1.29, 1.82) is 0 Å². The third kappa shape index (κ3) is 5.48. The zero-order valence-electron chi connectivity index (χ0n) is 19.9. The van der Waals surface area contributed by atoms with Crippen LogP contribution in [0.2, 0.25) is 0 Å². The second-order valence-electron chi connectivity index (χ2n) is 9.07. The van der Waals surface area contributed by atoms with Crippen LogP contribution < -0.4 is 15.4 Å². The van der Waals surface area contributed by atoms with Gasteiger partial charge in [-0.2, -0.15) is 8.42 Å². The van der Waals surface area contributed by atoms with Crippen LogP contribution in [0.1, 0.15) is 42.7 Å². The van der Waals surface area contributed by atoms with Crippen molar-refractivity contribution in [3.05, 3.63) is 53.6 Å². The van der Waals surface area contributed by atoms with Crippen LogP contribution in [0.3, 0.4) is 0 Å². The SMILES string of the molecule is COc1cccc(C(NC2=NS(=O)(=O)N=C2Nc2cccc(C(=O)N(C)C)c2O)C(C)(C)C)c1. The number of methoxy groups -OCH3 is 1. The van der Waals surface area contributed by atoms with E-state index < -0.39 is 16.1 Å². The Morgan fingerprint density at radius 2 is 1.74 bits per heavy atom. The van der Waals surface area contributed by atoms with Crippen molar-refractivity contribution < 1.29 is 23.1 Å². The molecule has 0 spiro atoms. The van der Waals surface area contributed by atoms with Gasteiger partial charge >= 0.3 is 10.2 Å². The predicted molar refractivity (Wildman–Crippen MR) is 132 cm³/mol. The number of benzene rings is 2. The van der Waals surface area contributed by atoms with Gasteiger partial charge in [-0.15, -0.1) is 8.80 Å². The number of amides is 1. The highest BCUT2D eigenvalue weighted by Gasteiger charge is 2.33. The van der Waals surface area contributed by atoms with E-state index in [4.69, 9.17) is 4.74 Å². The van der Waals surface area contributed by atoms with Crippen LogP contribution in [0.5, 0.6) is 11.5 Å². The molecule has 0 radical (unpaired) electrons. The molecule has 0 saturated heterocycles. The maximum Gasteiger partial charge on any atom is 0.367 e. The summed E-state index contributed by atoms with van der Waals surface area (Å²) in [6.07, 6.45) is 0. The first-order chi connectivity index (χ1) is 15.8. The number of phenols is 1. The molecule has 3 N–H and O–H groups in total. The zero-order valence-corrected chi connectivity index (χ0v) is 20.8. The normalized spacial score (nSPS) is 15.7. The Hall–Kier alpha value is -3.60. The first-order valence-electron chi connectivity index (χ1n) is 10.5. The second kappa shape index (κ2) is 9.34. The second-order valence-corrected chi connectivity index (χ2v) is 10.3. The van der Waals surface area contributed by atoms with E-state index >= 15 is 0 Å². The number of rotatable bonds is 5. The molecule has 3 rings (SSSR count). The van der Waals surface area contributed by atoms with Crippen molar-refractivity contribution in [2.24, 2.45) is 14.2 Å². The fourth-order valence-electron chi connectivity index (χ4n) is 3.46. The van der Waals surface area contributed by atoms with Crippen molar-refractivity contribution in [2.45, 2.75) is 26.8 Å². The Kier molecular flexibility index (Phi) is 6.87. The number of para-hydroxylation sites is 1. The Labute approximate surface area is 199 Å². The zero-order chi connectivity index (χ0) is 25.3. The smallest absolute Gasteiger partial charge is 0.367 e. The number of aromatic hydroxyl groups is 1. The van der Waals surface area contributed by atoms with E-state index in [0.717, 1.165) is 5.56 Å². The molecular weight excluding hydrogens is 458 g/mol. The third-order valence-corrected chi connectivity index (χ3v) is 5.96. The van der Waals surface area contributed by atoms with Gasteiger partial charge in [-0.25, -0.2) is 0 Å². The Morgan fingerprint density at radius 3 is 2.35 bits per heavy atom. The molecule has 0 aliphatic carbocycles. The van der Waals surface area contributed by atoms with Crippen LogP contribution in [0.15, 0.2) is 51.3 Å². The molecule has 1 unspecified atom stereocenters. The molecule has 34 heavy (non-hydrogen) atoms. The summed E-state index contributed by atoms with van der Waals surface area (Å²) >= 11 is 0. The Bertz CT molecular complexity index is 1260. The summed E-state index contributed by atoms with van der Waals surface area (Å²) < 4.78 is 37.3. The summed E-state index contributed by atoms with van der Waals surface area (Å²) in [6, 6.07) is 11.6. The summed E-state index contributed by atoms with van der Waals surface area (Å²) in [5.74, 6) is -0.171. The van der Waals surface area contributed by atoms with E-state index in [9.17, 15) is 18.3 Å². The van der Waals surface area contributed by atoms with Crippen LogP contribution in [-0.4, -0.2) is 57.2 Å². The summed E-state index contributed by atoms with van der Waals surface area (Å²) in [7, 11) is 0.568. The fraction of sp³-hybridized carbons (Fsp3) is 0.348. The maximum absolute atomic E-state index is 12.4. The molecule has 1 aliphatic rings. The number of ether oxygens (including phenoxy) is 1. The van der Waals surface area contributed by atoms with Gasteiger partial charge in [0.2, 0.25) is 0 Å². The number of phenolic OH excluding ortho intramolecular Hbond substituents is 1. The molecule has 1 amide bonds. The Morgan fingerprint density at radius 1 is 1.09 bits per heavy atom. The first kappa shape index (κ1) is 25.0. The predicted octanol–water partition coefficient (Wildman–Crippen LogP) is 2.95. The highest BCUT2D eigenvalue weighted by molar-refractivity contribution is 7.89. The molecule has 10 nitrogen and oxygen atoms in total. The average molecular weight is 488 g/mol. The average Bonchev–Trinajstić information content (AvgIpc) is 3.05. The molecule has 182 valence electrons. The van der Waals surface area contributed by atoms with E-state index in [0.29, 0.717) is 5.75 Å². The minimum atomic E-state index is -4.13. The number of amidine groups is 2. The van der Waals surface area contributed by atoms with Gasteiger partial charge in [0.15, 0.2) is 17.4 Å². The molecule has 1 aliphatic heterocycles. The molecule has 0 saturated carbocycles. The summed E-state index contributed by atoms with van der Waals surface area (Å²) in [6.45, 7) is 6.00. The van der Waals surface area contributed by atoms with Crippen LogP contribution in [-0.2, 0) is 10.2 Å². The summed E-state index contributed by atoms with van der Waals surface area (Å²) in [5.41, 5.74) is 0.685. The van der Waals surface area contributed by atoms with Crippen LogP contribution in [0.25, 0.3) is 0 Å². The van der Waals surface area contributed by atoms with Gasteiger partial charge in [0.05, 0.1) is 24.4 Å². The van der Waals surface area contributed by atoms with Crippen LogP contribution in [0.4, 0.5) is 5.69 Å². The molecule has 0 fully saturated rings. The highest BCUT2D eigenvalue weighted by atomic mass is 32.2. The van der Waals surface area contributed by atoms with Crippen molar-refractivity contribution >= 4 is 33.5 Å².